The van der Waals surface area contributed by atoms with Gasteiger partial charge in [-0.1, -0.05) is 30.3 Å². The maximum Gasteiger partial charge on any atom is 0.255 e. The van der Waals surface area contributed by atoms with E-state index in [4.69, 9.17) is 5.26 Å². The van der Waals surface area contributed by atoms with Crippen molar-refractivity contribution in [3.63, 3.8) is 0 Å². The van der Waals surface area contributed by atoms with Crippen LogP contribution in [-0.2, 0) is 6.42 Å². The number of nitriles is 1. The van der Waals surface area contributed by atoms with Gasteiger partial charge in [0, 0.05) is 27.9 Å². The number of carbonyl (C=O) groups is 1. The number of nitrogens with one attached hydrogen (secondary N) is 1. The lowest BCUT2D eigenvalue weighted by molar-refractivity contribution is 0.102. The standard InChI is InChI=1S/C19H14N2OS/c20-12-15-11-18(23-13-15)10-14-6-8-16(9-7-14)19(22)21-17-4-2-1-3-5-17/h1-9,11,13H,10H2,(H,21,22). The molecule has 112 valence electrons. The Balaban J connectivity index is 1.67. The lowest BCUT2D eigenvalue weighted by atomic mass is 10.1. The van der Waals surface area contributed by atoms with Gasteiger partial charge in [-0.3, -0.25) is 4.79 Å². The van der Waals surface area contributed by atoms with Crippen molar-refractivity contribution >= 4 is 22.9 Å². The smallest absolute Gasteiger partial charge is 0.255 e. The Morgan fingerprint density at radius 2 is 1.83 bits per heavy atom. The van der Waals surface area contributed by atoms with Gasteiger partial charge in [-0.2, -0.15) is 5.26 Å². The van der Waals surface area contributed by atoms with Gasteiger partial charge in [0.05, 0.1) is 5.56 Å². The van der Waals surface area contributed by atoms with Crippen molar-refractivity contribution in [2.24, 2.45) is 0 Å². The lowest BCUT2D eigenvalue weighted by Gasteiger charge is -2.06. The van der Waals surface area contributed by atoms with E-state index in [1.54, 1.807) is 11.3 Å². The molecule has 0 unspecified atom stereocenters. The first kappa shape index (κ1) is 15.0. The number of anilines is 1. The van der Waals surface area contributed by atoms with Crippen LogP contribution in [0.1, 0.15) is 26.4 Å². The fourth-order valence-electron chi connectivity index (χ4n) is 2.23. The van der Waals surface area contributed by atoms with E-state index in [9.17, 15) is 4.79 Å². The van der Waals surface area contributed by atoms with Gasteiger partial charge in [-0.15, -0.1) is 11.3 Å². The monoisotopic (exact) mass is 318 g/mol. The molecule has 4 heteroatoms. The molecule has 0 aliphatic heterocycles. The molecule has 0 aliphatic carbocycles. The minimum absolute atomic E-state index is 0.120. The summed E-state index contributed by atoms with van der Waals surface area (Å²) in [4.78, 5) is 13.3. The van der Waals surface area contributed by atoms with Crippen LogP contribution in [0, 0.1) is 11.3 Å². The third kappa shape index (κ3) is 3.85. The van der Waals surface area contributed by atoms with E-state index in [2.05, 4.69) is 11.4 Å². The van der Waals surface area contributed by atoms with E-state index in [0.29, 0.717) is 11.1 Å². The number of benzene rings is 2. The largest absolute Gasteiger partial charge is 0.322 e. The van der Waals surface area contributed by atoms with Crippen molar-refractivity contribution in [2.45, 2.75) is 6.42 Å². The molecule has 1 heterocycles. The number of para-hydroxylation sites is 1. The maximum absolute atomic E-state index is 12.2. The molecule has 3 nitrogen and oxygen atoms in total. The molecule has 0 aliphatic rings. The molecule has 0 saturated heterocycles. The van der Waals surface area contributed by atoms with Crippen molar-refractivity contribution in [3.05, 3.63) is 87.6 Å². The first-order valence-corrected chi connectivity index (χ1v) is 8.05. The summed E-state index contributed by atoms with van der Waals surface area (Å²) < 4.78 is 0. The van der Waals surface area contributed by atoms with Gasteiger partial charge in [0.15, 0.2) is 0 Å². The number of amides is 1. The Labute approximate surface area is 138 Å². The van der Waals surface area contributed by atoms with Crippen LogP contribution < -0.4 is 5.32 Å². The van der Waals surface area contributed by atoms with Gasteiger partial charge >= 0.3 is 0 Å². The second-order valence-corrected chi connectivity index (χ2v) is 6.10. The van der Waals surface area contributed by atoms with E-state index in [-0.39, 0.29) is 5.91 Å². The van der Waals surface area contributed by atoms with Gasteiger partial charge in [0.2, 0.25) is 0 Å². The first-order chi connectivity index (χ1) is 11.2. The number of nitrogens with zero attached hydrogens (tertiary/aromatic N) is 1. The minimum Gasteiger partial charge on any atom is -0.322 e. The third-order valence-corrected chi connectivity index (χ3v) is 4.35. The van der Waals surface area contributed by atoms with Gasteiger partial charge in [0.1, 0.15) is 6.07 Å². The highest BCUT2D eigenvalue weighted by Gasteiger charge is 2.06. The summed E-state index contributed by atoms with van der Waals surface area (Å²) in [6.07, 6.45) is 0.771. The molecular formula is C19H14N2OS. The van der Waals surface area contributed by atoms with E-state index in [1.165, 1.54) is 0 Å². The highest BCUT2D eigenvalue weighted by Crippen LogP contribution is 2.19. The molecule has 1 aromatic heterocycles. The van der Waals surface area contributed by atoms with Crippen molar-refractivity contribution in [3.8, 4) is 6.07 Å². The summed E-state index contributed by atoms with van der Waals surface area (Å²) in [6.45, 7) is 0. The topological polar surface area (TPSA) is 52.9 Å². The van der Waals surface area contributed by atoms with E-state index >= 15 is 0 Å². The highest BCUT2D eigenvalue weighted by molar-refractivity contribution is 7.10. The molecule has 0 radical (unpaired) electrons. The van der Waals surface area contributed by atoms with Crippen LogP contribution in [0.5, 0.6) is 0 Å². The Morgan fingerprint density at radius 1 is 1.09 bits per heavy atom. The quantitative estimate of drug-likeness (QED) is 0.772. The molecule has 0 bridgehead atoms. The normalized spacial score (nSPS) is 10.0. The minimum atomic E-state index is -0.120. The molecule has 0 fully saturated rings. The van der Waals surface area contributed by atoms with Gasteiger partial charge in [0.25, 0.3) is 5.91 Å². The Hall–Kier alpha value is -2.90. The average molecular weight is 318 g/mol. The second-order valence-electron chi connectivity index (χ2n) is 5.11. The van der Waals surface area contributed by atoms with Gasteiger partial charge < -0.3 is 5.32 Å². The van der Waals surface area contributed by atoms with Crippen LogP contribution >= 0.6 is 11.3 Å². The molecule has 1 amide bonds. The molecular weight excluding hydrogens is 304 g/mol. The van der Waals surface area contributed by atoms with Crippen molar-refractivity contribution < 1.29 is 4.79 Å². The fourth-order valence-corrected chi connectivity index (χ4v) is 3.08. The van der Waals surface area contributed by atoms with Crippen LogP contribution in [-0.4, -0.2) is 5.91 Å². The summed E-state index contributed by atoms with van der Waals surface area (Å²) >= 11 is 1.58. The molecule has 2 aromatic carbocycles. The van der Waals surface area contributed by atoms with Gasteiger partial charge in [-0.05, 0) is 35.9 Å². The van der Waals surface area contributed by atoms with Crippen LogP contribution in [0.25, 0.3) is 0 Å². The Morgan fingerprint density at radius 3 is 2.48 bits per heavy atom. The Kier molecular flexibility index (Phi) is 4.51. The molecule has 1 N–H and O–H groups in total. The number of hydrogen-bond donors (Lipinski definition) is 1. The third-order valence-electron chi connectivity index (χ3n) is 3.41. The van der Waals surface area contributed by atoms with Gasteiger partial charge in [-0.25, -0.2) is 0 Å². The highest BCUT2D eigenvalue weighted by atomic mass is 32.1. The van der Waals surface area contributed by atoms with E-state index in [0.717, 1.165) is 22.5 Å². The fraction of sp³-hybridized carbons (Fsp3) is 0.0526. The predicted octanol–water partition coefficient (Wildman–Crippen LogP) is 4.46. The summed E-state index contributed by atoms with van der Waals surface area (Å²) in [5.74, 6) is -0.120. The average Bonchev–Trinajstić information content (AvgIpc) is 3.04. The first-order valence-electron chi connectivity index (χ1n) is 7.17. The zero-order valence-corrected chi connectivity index (χ0v) is 13.1. The van der Waals surface area contributed by atoms with Crippen molar-refractivity contribution in [2.75, 3.05) is 5.32 Å². The molecule has 3 rings (SSSR count). The summed E-state index contributed by atoms with van der Waals surface area (Å²) in [7, 11) is 0. The lowest BCUT2D eigenvalue weighted by Crippen LogP contribution is -2.11. The second kappa shape index (κ2) is 6.91. The molecule has 0 atom stereocenters. The van der Waals surface area contributed by atoms with Crippen LogP contribution in [0.3, 0.4) is 0 Å². The number of carbonyl (C=O) groups excluding carboxylic acids is 1. The Bertz CT molecular complexity index is 845. The van der Waals surface area contributed by atoms with Crippen molar-refractivity contribution in [1.29, 1.82) is 5.26 Å². The van der Waals surface area contributed by atoms with E-state index < -0.39 is 0 Å². The summed E-state index contributed by atoms with van der Waals surface area (Å²) in [5, 5.41) is 13.6. The maximum atomic E-state index is 12.2. The number of hydrogen-bond acceptors (Lipinski definition) is 3. The van der Waals surface area contributed by atoms with Crippen molar-refractivity contribution in [1.82, 2.24) is 0 Å². The number of thiophene rings is 1. The molecule has 3 aromatic rings. The SMILES string of the molecule is N#Cc1csc(Cc2ccc(C(=O)Nc3ccccc3)cc2)c1. The van der Waals surface area contributed by atoms with Crippen LogP contribution in [0.15, 0.2) is 66.0 Å². The summed E-state index contributed by atoms with van der Waals surface area (Å²) in [6, 6.07) is 21.0. The molecule has 0 saturated carbocycles. The van der Waals surface area contributed by atoms with E-state index in [1.807, 2.05) is 66.0 Å². The molecule has 0 spiro atoms. The number of rotatable bonds is 4. The van der Waals surface area contributed by atoms with Crippen LogP contribution in [0.2, 0.25) is 0 Å². The predicted molar refractivity (Wildman–Crippen MR) is 92.7 cm³/mol. The molecule has 23 heavy (non-hydrogen) atoms. The zero-order chi connectivity index (χ0) is 16.1. The summed E-state index contributed by atoms with van der Waals surface area (Å²) in [5.41, 5.74) is 3.22. The zero-order valence-electron chi connectivity index (χ0n) is 12.3. The van der Waals surface area contributed by atoms with Crippen LogP contribution in [0.4, 0.5) is 5.69 Å².